The first-order chi connectivity index (χ1) is 16.8. The number of benzene rings is 2. The highest BCUT2D eigenvalue weighted by atomic mass is 79.9. The number of halogens is 3. The van der Waals surface area contributed by atoms with Crippen LogP contribution in [0.4, 0.5) is 8.78 Å². The van der Waals surface area contributed by atoms with E-state index >= 15 is 0 Å². The summed E-state index contributed by atoms with van der Waals surface area (Å²) in [6.45, 7) is 1.38. The first kappa shape index (κ1) is 24.8. The highest BCUT2D eigenvalue weighted by Crippen LogP contribution is 2.33. The summed E-state index contributed by atoms with van der Waals surface area (Å²) in [5.74, 6) is -4.47. The number of nitrogens with two attached hydrogens (primary N) is 1. The van der Waals surface area contributed by atoms with Crippen LogP contribution in [0, 0.1) is 11.6 Å². The number of nitrogens with zero attached hydrogens (tertiary/aromatic N) is 2. The quantitative estimate of drug-likeness (QED) is 0.461. The fourth-order valence-corrected chi connectivity index (χ4v) is 4.01. The van der Waals surface area contributed by atoms with E-state index in [9.17, 15) is 23.5 Å². The van der Waals surface area contributed by atoms with E-state index in [1.54, 1.807) is 29.2 Å². The van der Waals surface area contributed by atoms with E-state index in [1.165, 1.54) is 0 Å². The Morgan fingerprint density at radius 2 is 1.86 bits per heavy atom. The number of hydrogen-bond acceptors (Lipinski definition) is 7. The number of aliphatic hydroxyl groups excluding tert-OH is 1. The first-order valence-corrected chi connectivity index (χ1v) is 11.3. The van der Waals surface area contributed by atoms with Crippen molar-refractivity contribution in [3.63, 3.8) is 0 Å². The van der Waals surface area contributed by atoms with E-state index < -0.39 is 41.6 Å². The highest BCUT2D eigenvalue weighted by Gasteiger charge is 2.26. The number of aromatic nitrogens is 1. The average Bonchev–Trinajstić information content (AvgIpc) is 3.25. The summed E-state index contributed by atoms with van der Waals surface area (Å²) in [6.07, 6.45) is -1.28. The standard InChI is InChI=1S/C23H20BrF2N3O6/c24-20-19(12-1-3-13(4-2-12)23(32)29-7-9-33-10-8-29)28-22(35-20)16(11-30)34-15-6-5-14(25)17(18(15)26)21(27)31/h1-6,16,30H,7-11H2,(H2,27,31)/t16-/m1/s1. The van der Waals surface area contributed by atoms with Gasteiger partial charge in [-0.05, 0) is 40.2 Å². The number of carbonyl (C=O) groups is 2. The summed E-state index contributed by atoms with van der Waals surface area (Å²) in [4.78, 5) is 30.0. The van der Waals surface area contributed by atoms with Crippen molar-refractivity contribution in [1.82, 2.24) is 9.88 Å². The van der Waals surface area contributed by atoms with Crippen molar-refractivity contribution in [2.45, 2.75) is 6.10 Å². The molecule has 0 spiro atoms. The molecule has 2 amide bonds. The average molecular weight is 552 g/mol. The lowest BCUT2D eigenvalue weighted by molar-refractivity contribution is 0.0303. The van der Waals surface area contributed by atoms with Crippen LogP contribution in [-0.4, -0.2) is 59.7 Å². The fraction of sp³-hybridized carbons (Fsp3) is 0.261. The molecule has 3 N–H and O–H groups in total. The molecule has 1 fully saturated rings. The van der Waals surface area contributed by atoms with Gasteiger partial charge in [-0.1, -0.05) is 12.1 Å². The maximum absolute atomic E-state index is 14.5. The summed E-state index contributed by atoms with van der Waals surface area (Å²) >= 11 is 3.26. The smallest absolute Gasteiger partial charge is 0.254 e. The summed E-state index contributed by atoms with van der Waals surface area (Å²) in [5, 5.41) is 9.78. The summed E-state index contributed by atoms with van der Waals surface area (Å²) < 4.78 is 44.7. The molecule has 0 saturated carbocycles. The second-order valence-electron chi connectivity index (χ2n) is 7.54. The molecule has 9 nitrogen and oxygen atoms in total. The third-order valence-electron chi connectivity index (χ3n) is 5.32. The zero-order chi connectivity index (χ0) is 25.1. The van der Waals surface area contributed by atoms with Crippen molar-refractivity contribution < 1.29 is 37.4 Å². The second-order valence-corrected chi connectivity index (χ2v) is 8.26. The molecule has 1 atom stereocenters. The normalized spacial score (nSPS) is 14.6. The minimum absolute atomic E-state index is 0.104. The lowest BCUT2D eigenvalue weighted by Crippen LogP contribution is -2.40. The van der Waals surface area contributed by atoms with Gasteiger partial charge in [-0.2, -0.15) is 0 Å². The Hall–Kier alpha value is -3.35. The topological polar surface area (TPSA) is 128 Å². The lowest BCUT2D eigenvalue weighted by atomic mass is 10.1. The maximum atomic E-state index is 14.5. The van der Waals surface area contributed by atoms with Gasteiger partial charge in [0.15, 0.2) is 22.3 Å². The molecule has 12 heteroatoms. The van der Waals surface area contributed by atoms with Crippen LogP contribution >= 0.6 is 15.9 Å². The largest absolute Gasteiger partial charge is 0.475 e. The third-order valence-corrected chi connectivity index (χ3v) is 5.86. The molecule has 1 aromatic heterocycles. The van der Waals surface area contributed by atoms with Crippen LogP contribution in [-0.2, 0) is 4.74 Å². The monoisotopic (exact) mass is 551 g/mol. The Morgan fingerprint density at radius 3 is 2.49 bits per heavy atom. The Labute approximate surface area is 206 Å². The van der Waals surface area contributed by atoms with Crippen molar-refractivity contribution in [1.29, 1.82) is 0 Å². The molecule has 0 radical (unpaired) electrons. The van der Waals surface area contributed by atoms with Crippen LogP contribution in [0.5, 0.6) is 5.75 Å². The number of morpholine rings is 1. The SMILES string of the molecule is NC(=O)c1c(F)ccc(O[C@H](CO)c2nc(-c3ccc(C(=O)N4CCOCC4)cc3)c(Br)o2)c1F. The van der Waals surface area contributed by atoms with Gasteiger partial charge in [0.1, 0.15) is 17.1 Å². The van der Waals surface area contributed by atoms with E-state index in [2.05, 4.69) is 20.9 Å². The van der Waals surface area contributed by atoms with Crippen molar-refractivity contribution in [3.8, 4) is 17.0 Å². The van der Waals surface area contributed by atoms with Crippen molar-refractivity contribution in [2.24, 2.45) is 5.73 Å². The summed E-state index contributed by atoms with van der Waals surface area (Å²) in [7, 11) is 0. The Kier molecular flexibility index (Phi) is 7.43. The number of ether oxygens (including phenoxy) is 2. The molecule has 0 aliphatic carbocycles. The van der Waals surface area contributed by atoms with Crippen LogP contribution in [0.1, 0.15) is 32.7 Å². The minimum atomic E-state index is -1.30. The Balaban J connectivity index is 1.55. The number of primary amides is 1. The van der Waals surface area contributed by atoms with Gasteiger partial charge in [0, 0.05) is 24.2 Å². The van der Waals surface area contributed by atoms with Gasteiger partial charge in [0.05, 0.1) is 19.8 Å². The summed E-state index contributed by atoms with van der Waals surface area (Å²) in [6, 6.07) is 8.48. The number of rotatable bonds is 7. The molecule has 184 valence electrons. The lowest BCUT2D eigenvalue weighted by Gasteiger charge is -2.26. The molecule has 2 aromatic carbocycles. The van der Waals surface area contributed by atoms with Crippen LogP contribution in [0.2, 0.25) is 0 Å². The zero-order valence-corrected chi connectivity index (χ0v) is 19.8. The number of hydrogen-bond donors (Lipinski definition) is 2. The minimum Gasteiger partial charge on any atom is -0.475 e. The number of aliphatic hydroxyl groups is 1. The molecule has 3 aromatic rings. The van der Waals surface area contributed by atoms with Gasteiger partial charge in [-0.15, -0.1) is 0 Å². The molecule has 2 heterocycles. The van der Waals surface area contributed by atoms with Gasteiger partial charge in [0.2, 0.25) is 5.89 Å². The van der Waals surface area contributed by atoms with E-state index in [0.29, 0.717) is 43.1 Å². The van der Waals surface area contributed by atoms with E-state index in [4.69, 9.17) is 19.6 Å². The van der Waals surface area contributed by atoms with Gasteiger partial charge in [-0.3, -0.25) is 9.59 Å². The molecule has 1 saturated heterocycles. The van der Waals surface area contributed by atoms with Crippen molar-refractivity contribution in [2.75, 3.05) is 32.9 Å². The van der Waals surface area contributed by atoms with E-state index in [-0.39, 0.29) is 16.5 Å². The molecule has 35 heavy (non-hydrogen) atoms. The van der Waals surface area contributed by atoms with Gasteiger partial charge < -0.3 is 29.6 Å². The second kappa shape index (κ2) is 10.5. The molecule has 0 unspecified atom stereocenters. The Morgan fingerprint density at radius 1 is 1.17 bits per heavy atom. The van der Waals surface area contributed by atoms with Crippen LogP contribution in [0.3, 0.4) is 0 Å². The third kappa shape index (κ3) is 5.19. The number of amides is 2. The maximum Gasteiger partial charge on any atom is 0.254 e. The first-order valence-electron chi connectivity index (χ1n) is 10.5. The van der Waals surface area contributed by atoms with Crippen molar-refractivity contribution in [3.05, 3.63) is 69.7 Å². The molecule has 1 aliphatic heterocycles. The summed E-state index contributed by atoms with van der Waals surface area (Å²) in [5.41, 5.74) is 5.53. The van der Waals surface area contributed by atoms with Crippen LogP contribution in [0.25, 0.3) is 11.3 Å². The zero-order valence-electron chi connectivity index (χ0n) is 18.2. The van der Waals surface area contributed by atoms with Gasteiger partial charge in [0.25, 0.3) is 11.8 Å². The van der Waals surface area contributed by atoms with E-state index in [0.717, 1.165) is 12.1 Å². The highest BCUT2D eigenvalue weighted by molar-refractivity contribution is 9.10. The molecular formula is C23H20BrF2N3O6. The van der Waals surface area contributed by atoms with Gasteiger partial charge in [-0.25, -0.2) is 13.8 Å². The number of oxazole rings is 1. The van der Waals surface area contributed by atoms with Crippen LogP contribution < -0.4 is 10.5 Å². The fourth-order valence-electron chi connectivity index (χ4n) is 3.52. The van der Waals surface area contributed by atoms with Crippen LogP contribution in [0.15, 0.2) is 45.5 Å². The predicted molar refractivity (Wildman–Crippen MR) is 122 cm³/mol. The van der Waals surface area contributed by atoms with Gasteiger partial charge >= 0.3 is 0 Å². The van der Waals surface area contributed by atoms with E-state index in [1.807, 2.05) is 0 Å². The molecular weight excluding hydrogens is 532 g/mol. The molecule has 0 bridgehead atoms. The number of carbonyl (C=O) groups excluding carboxylic acids is 2. The predicted octanol–water partition coefficient (Wildman–Crippen LogP) is 3.07. The molecule has 1 aliphatic rings. The molecule has 4 rings (SSSR count). The Bertz CT molecular complexity index is 1240. The van der Waals surface area contributed by atoms with Crippen molar-refractivity contribution >= 4 is 27.7 Å².